The second-order valence-electron chi connectivity index (χ2n) is 6.06. The zero-order valence-corrected chi connectivity index (χ0v) is 16.8. The second kappa shape index (κ2) is 9.88. The van der Waals surface area contributed by atoms with Gasteiger partial charge in [0.25, 0.3) is 0 Å². The van der Waals surface area contributed by atoms with Crippen molar-refractivity contribution in [2.75, 3.05) is 0 Å². The summed E-state index contributed by atoms with van der Waals surface area (Å²) in [7, 11) is 0. The molecule has 0 amide bonds. The van der Waals surface area contributed by atoms with E-state index in [0.717, 1.165) is 6.42 Å². The van der Waals surface area contributed by atoms with Gasteiger partial charge in [0.05, 0.1) is 0 Å². The molecular formula is C22H23BNa. The Kier molecular flexibility index (Phi) is 7.85. The fourth-order valence-electron chi connectivity index (χ4n) is 3.25. The molecule has 0 saturated heterocycles. The first-order valence-electron chi connectivity index (χ1n) is 8.58. The number of unbranched alkanes of at least 4 members (excludes halogenated alkanes) is 1. The predicted octanol–water partition coefficient (Wildman–Crippen LogP) is 3.16. The van der Waals surface area contributed by atoms with Gasteiger partial charge in [0, 0.05) is 29.6 Å². The van der Waals surface area contributed by atoms with E-state index in [2.05, 4.69) is 91.9 Å². The van der Waals surface area contributed by atoms with E-state index in [-0.39, 0.29) is 29.6 Å². The van der Waals surface area contributed by atoms with Gasteiger partial charge in [-0.1, -0.05) is 120 Å². The van der Waals surface area contributed by atoms with Gasteiger partial charge in [-0.2, -0.15) is 0 Å². The summed E-state index contributed by atoms with van der Waals surface area (Å²) in [6, 6.07) is 30.7. The molecule has 0 N–H and O–H groups in total. The molecule has 3 aromatic carbocycles. The summed E-state index contributed by atoms with van der Waals surface area (Å²) in [5.41, 5.74) is 5.65. The third kappa shape index (κ3) is 4.63. The van der Waals surface area contributed by atoms with Crippen LogP contribution in [0.5, 0.6) is 0 Å². The number of benzene rings is 3. The summed E-state index contributed by atoms with van der Waals surface area (Å²) < 4.78 is 0. The van der Waals surface area contributed by atoms with Crippen molar-refractivity contribution in [2.45, 2.75) is 26.2 Å². The van der Waals surface area contributed by atoms with E-state index >= 15 is 0 Å². The average Bonchev–Trinajstić information content (AvgIpc) is 2.63. The molecule has 0 saturated carbocycles. The fraction of sp³-hybridized carbons (Fsp3) is 0.182. The maximum Gasteiger partial charge on any atom is 0.241 e. The summed E-state index contributed by atoms with van der Waals surface area (Å²) >= 11 is 0. The topological polar surface area (TPSA) is 0 Å². The molecule has 0 spiro atoms. The Balaban J connectivity index is 0.00000208. The second-order valence-corrected chi connectivity index (χ2v) is 6.06. The molecule has 0 bridgehead atoms. The SMILES string of the molecule is CCCCc1ccccc1B(c1ccccc1)c1ccccc1.[Na]. The summed E-state index contributed by atoms with van der Waals surface area (Å²) in [5, 5.41) is 0. The zero-order valence-electron chi connectivity index (χ0n) is 14.8. The van der Waals surface area contributed by atoms with E-state index in [1.165, 1.54) is 34.8 Å². The molecule has 1 radical (unpaired) electrons. The molecule has 0 aliphatic heterocycles. The van der Waals surface area contributed by atoms with Crippen LogP contribution in [0, 0.1) is 0 Å². The first kappa shape index (κ1) is 19.1. The predicted molar refractivity (Wildman–Crippen MR) is 108 cm³/mol. The molecule has 24 heavy (non-hydrogen) atoms. The minimum Gasteiger partial charge on any atom is -0.0687 e. The monoisotopic (exact) mass is 321 g/mol. The molecule has 0 aromatic heterocycles. The van der Waals surface area contributed by atoms with Crippen molar-refractivity contribution in [2.24, 2.45) is 0 Å². The van der Waals surface area contributed by atoms with Crippen molar-refractivity contribution < 1.29 is 0 Å². The maximum atomic E-state index is 2.30. The quantitative estimate of drug-likeness (QED) is 0.612. The van der Waals surface area contributed by atoms with Crippen molar-refractivity contribution in [3.05, 3.63) is 90.5 Å². The van der Waals surface area contributed by atoms with Gasteiger partial charge in [0.1, 0.15) is 0 Å². The van der Waals surface area contributed by atoms with Crippen LogP contribution < -0.4 is 16.4 Å². The minimum absolute atomic E-state index is 0. The average molecular weight is 321 g/mol. The van der Waals surface area contributed by atoms with Crippen molar-refractivity contribution in [3.63, 3.8) is 0 Å². The normalized spacial score (nSPS) is 10.0. The molecule has 0 heterocycles. The van der Waals surface area contributed by atoms with Gasteiger partial charge in [-0.25, -0.2) is 0 Å². The van der Waals surface area contributed by atoms with Crippen LogP contribution in [0.15, 0.2) is 84.9 Å². The molecule has 2 heteroatoms. The summed E-state index contributed by atoms with van der Waals surface area (Å²) in [4.78, 5) is 0. The largest absolute Gasteiger partial charge is 0.241 e. The van der Waals surface area contributed by atoms with E-state index in [0.29, 0.717) is 6.71 Å². The molecule has 0 aliphatic carbocycles. The number of hydrogen-bond acceptors (Lipinski definition) is 0. The Labute approximate surface area is 168 Å². The van der Waals surface area contributed by atoms with Gasteiger partial charge in [-0.15, -0.1) is 0 Å². The standard InChI is InChI=1S/C22H23B.Na/c1-2-3-12-19-13-10-11-18-22(19)23(20-14-6-4-7-15-20)21-16-8-5-9-17-21;/h4-11,13-18H,2-3,12H2,1H3;. The first-order chi connectivity index (χ1) is 11.4. The molecule has 115 valence electrons. The Bertz CT molecular complexity index is 686. The molecule has 0 unspecified atom stereocenters. The van der Waals surface area contributed by atoms with Crippen molar-refractivity contribution in [3.8, 4) is 0 Å². The first-order valence-corrected chi connectivity index (χ1v) is 8.58. The third-order valence-electron chi connectivity index (χ3n) is 4.43. The maximum absolute atomic E-state index is 2.30. The Morgan fingerprint density at radius 3 is 1.71 bits per heavy atom. The molecule has 0 aliphatic rings. The van der Waals surface area contributed by atoms with Crippen molar-refractivity contribution in [1.29, 1.82) is 0 Å². The van der Waals surface area contributed by atoms with Crippen LogP contribution >= 0.6 is 0 Å². The van der Waals surface area contributed by atoms with Gasteiger partial charge in [0.2, 0.25) is 6.71 Å². The smallest absolute Gasteiger partial charge is 0.0687 e. The number of hydrogen-bond donors (Lipinski definition) is 0. The van der Waals surface area contributed by atoms with E-state index in [1.54, 1.807) is 0 Å². The van der Waals surface area contributed by atoms with Gasteiger partial charge < -0.3 is 0 Å². The molecule has 0 fully saturated rings. The molecular weight excluding hydrogens is 298 g/mol. The Hall–Kier alpha value is -1.28. The fourth-order valence-corrected chi connectivity index (χ4v) is 3.25. The molecule has 0 atom stereocenters. The summed E-state index contributed by atoms with van der Waals surface area (Å²) in [6.45, 7) is 2.57. The third-order valence-corrected chi connectivity index (χ3v) is 4.43. The van der Waals surface area contributed by atoms with Crippen molar-refractivity contribution >= 4 is 52.7 Å². The van der Waals surface area contributed by atoms with Gasteiger partial charge >= 0.3 is 0 Å². The van der Waals surface area contributed by atoms with E-state index in [9.17, 15) is 0 Å². The molecule has 3 rings (SSSR count). The van der Waals surface area contributed by atoms with Gasteiger partial charge in [-0.05, 0) is 12.8 Å². The van der Waals surface area contributed by atoms with Crippen LogP contribution in [0.4, 0.5) is 0 Å². The van der Waals surface area contributed by atoms with E-state index in [4.69, 9.17) is 0 Å². The summed E-state index contributed by atoms with van der Waals surface area (Å²) in [6.07, 6.45) is 3.63. The van der Waals surface area contributed by atoms with Crippen LogP contribution in [0.3, 0.4) is 0 Å². The van der Waals surface area contributed by atoms with E-state index < -0.39 is 0 Å². The number of aryl methyl sites for hydroxylation is 1. The zero-order chi connectivity index (χ0) is 15.9. The van der Waals surface area contributed by atoms with Crippen LogP contribution in [-0.2, 0) is 6.42 Å². The van der Waals surface area contributed by atoms with Crippen LogP contribution in [0.1, 0.15) is 25.3 Å². The van der Waals surface area contributed by atoms with Crippen molar-refractivity contribution in [1.82, 2.24) is 0 Å². The minimum atomic E-state index is 0. The van der Waals surface area contributed by atoms with Crippen LogP contribution in [-0.4, -0.2) is 36.3 Å². The van der Waals surface area contributed by atoms with Crippen LogP contribution in [0.2, 0.25) is 0 Å². The Morgan fingerprint density at radius 2 is 1.17 bits per heavy atom. The van der Waals surface area contributed by atoms with E-state index in [1.807, 2.05) is 0 Å². The molecule has 3 aromatic rings. The van der Waals surface area contributed by atoms with Crippen LogP contribution in [0.25, 0.3) is 0 Å². The summed E-state index contributed by atoms with van der Waals surface area (Å²) in [5.74, 6) is 0. The Morgan fingerprint density at radius 1 is 0.667 bits per heavy atom. The van der Waals surface area contributed by atoms with Gasteiger partial charge in [-0.3, -0.25) is 0 Å². The van der Waals surface area contributed by atoms with Gasteiger partial charge in [0.15, 0.2) is 0 Å². The number of rotatable bonds is 6. The molecule has 0 nitrogen and oxygen atoms in total.